The fraction of sp³-hybridized carbons (Fsp3) is 0.667. The number of ether oxygens (including phenoxy) is 1. The van der Waals surface area contributed by atoms with Crippen molar-refractivity contribution in [3.8, 4) is 0 Å². The lowest BCUT2D eigenvalue weighted by Crippen LogP contribution is -2.20. The molecule has 0 saturated carbocycles. The maximum Gasteiger partial charge on any atom is 0.145 e. The minimum atomic E-state index is 0.241. The van der Waals surface area contributed by atoms with Crippen LogP contribution in [0.25, 0.3) is 0 Å². The smallest absolute Gasteiger partial charge is 0.145 e. The van der Waals surface area contributed by atoms with Gasteiger partial charge in [-0.25, -0.2) is 9.97 Å². The molecule has 1 saturated heterocycles. The SMILES string of the molecule is CNC(CCC1CCCO1)c1ncccn1. The first kappa shape index (κ1) is 11.5. The second-order valence-corrected chi connectivity index (χ2v) is 4.16. The van der Waals surface area contributed by atoms with Crippen LogP contribution in [0.4, 0.5) is 0 Å². The summed E-state index contributed by atoms with van der Waals surface area (Å²) in [6.07, 6.45) is 8.55. The summed E-state index contributed by atoms with van der Waals surface area (Å²) in [6.45, 7) is 0.927. The van der Waals surface area contributed by atoms with Crippen molar-refractivity contribution in [1.82, 2.24) is 15.3 Å². The monoisotopic (exact) mass is 221 g/mol. The van der Waals surface area contributed by atoms with E-state index in [9.17, 15) is 0 Å². The molecule has 0 aromatic carbocycles. The Hall–Kier alpha value is -1.00. The molecule has 4 heteroatoms. The average molecular weight is 221 g/mol. The van der Waals surface area contributed by atoms with Gasteiger partial charge in [-0.15, -0.1) is 0 Å². The predicted molar refractivity (Wildman–Crippen MR) is 62.0 cm³/mol. The van der Waals surface area contributed by atoms with Gasteiger partial charge in [0.1, 0.15) is 5.82 Å². The molecule has 0 bridgehead atoms. The molecule has 2 unspecified atom stereocenters. The van der Waals surface area contributed by atoms with E-state index in [1.807, 2.05) is 13.1 Å². The number of aromatic nitrogens is 2. The minimum absolute atomic E-state index is 0.241. The average Bonchev–Trinajstić information content (AvgIpc) is 2.84. The summed E-state index contributed by atoms with van der Waals surface area (Å²) in [5, 5.41) is 3.26. The minimum Gasteiger partial charge on any atom is -0.378 e. The topological polar surface area (TPSA) is 47.0 Å². The van der Waals surface area contributed by atoms with Gasteiger partial charge in [-0.1, -0.05) is 0 Å². The third kappa shape index (κ3) is 3.00. The van der Waals surface area contributed by atoms with Gasteiger partial charge < -0.3 is 10.1 Å². The van der Waals surface area contributed by atoms with Gasteiger partial charge in [-0.05, 0) is 38.8 Å². The molecule has 1 aliphatic rings. The summed E-state index contributed by atoms with van der Waals surface area (Å²) in [6, 6.07) is 2.08. The highest BCUT2D eigenvalue weighted by Gasteiger charge is 2.19. The van der Waals surface area contributed by atoms with Crippen LogP contribution in [-0.2, 0) is 4.74 Å². The molecule has 0 radical (unpaired) electrons. The fourth-order valence-electron chi connectivity index (χ4n) is 2.12. The number of nitrogens with one attached hydrogen (secondary N) is 1. The first-order valence-corrected chi connectivity index (χ1v) is 5.96. The molecule has 4 nitrogen and oxygen atoms in total. The zero-order valence-corrected chi connectivity index (χ0v) is 9.72. The van der Waals surface area contributed by atoms with Crippen LogP contribution in [0.1, 0.15) is 37.5 Å². The van der Waals surface area contributed by atoms with Gasteiger partial charge in [0.15, 0.2) is 0 Å². The van der Waals surface area contributed by atoms with Crippen molar-refractivity contribution in [3.63, 3.8) is 0 Å². The molecule has 1 aromatic rings. The van der Waals surface area contributed by atoms with E-state index in [4.69, 9.17) is 4.74 Å². The van der Waals surface area contributed by atoms with Crippen molar-refractivity contribution >= 4 is 0 Å². The van der Waals surface area contributed by atoms with Crippen LogP contribution in [0.5, 0.6) is 0 Å². The van der Waals surface area contributed by atoms with Crippen molar-refractivity contribution in [2.24, 2.45) is 0 Å². The van der Waals surface area contributed by atoms with Gasteiger partial charge in [-0.3, -0.25) is 0 Å². The van der Waals surface area contributed by atoms with E-state index in [1.54, 1.807) is 12.4 Å². The van der Waals surface area contributed by atoms with Gasteiger partial charge in [-0.2, -0.15) is 0 Å². The fourth-order valence-corrected chi connectivity index (χ4v) is 2.12. The maximum absolute atomic E-state index is 5.62. The van der Waals surface area contributed by atoms with Crippen LogP contribution < -0.4 is 5.32 Å². The Labute approximate surface area is 96.4 Å². The second-order valence-electron chi connectivity index (χ2n) is 4.16. The summed E-state index contributed by atoms with van der Waals surface area (Å²) >= 11 is 0. The van der Waals surface area contributed by atoms with Crippen molar-refractivity contribution < 1.29 is 4.74 Å². The molecule has 16 heavy (non-hydrogen) atoms. The quantitative estimate of drug-likeness (QED) is 0.822. The van der Waals surface area contributed by atoms with E-state index in [1.165, 1.54) is 12.8 Å². The summed E-state index contributed by atoms with van der Waals surface area (Å²) < 4.78 is 5.62. The van der Waals surface area contributed by atoms with Crippen molar-refractivity contribution in [2.75, 3.05) is 13.7 Å². The van der Waals surface area contributed by atoms with Crippen molar-refractivity contribution in [2.45, 2.75) is 37.8 Å². The van der Waals surface area contributed by atoms with Crippen LogP contribution in [0.2, 0.25) is 0 Å². The molecular formula is C12H19N3O. The predicted octanol–water partition coefficient (Wildman–Crippen LogP) is 1.70. The Kier molecular flexibility index (Phi) is 4.25. The molecule has 88 valence electrons. The molecule has 1 aromatic heterocycles. The van der Waals surface area contributed by atoms with Gasteiger partial charge in [0, 0.05) is 19.0 Å². The molecule has 1 N–H and O–H groups in total. The van der Waals surface area contributed by atoms with E-state index in [-0.39, 0.29) is 6.04 Å². The number of hydrogen-bond donors (Lipinski definition) is 1. The Morgan fingerprint density at radius 1 is 1.50 bits per heavy atom. The number of nitrogens with zero attached hydrogens (tertiary/aromatic N) is 2. The third-order valence-corrected chi connectivity index (χ3v) is 3.05. The number of hydrogen-bond acceptors (Lipinski definition) is 4. The molecule has 1 aliphatic heterocycles. The Balaban J connectivity index is 1.85. The highest BCUT2D eigenvalue weighted by molar-refractivity contribution is 4.95. The highest BCUT2D eigenvalue weighted by Crippen LogP contribution is 2.21. The van der Waals surface area contributed by atoms with E-state index >= 15 is 0 Å². The first-order chi connectivity index (χ1) is 7.90. The van der Waals surface area contributed by atoms with Crippen LogP contribution in [0.3, 0.4) is 0 Å². The molecule has 2 rings (SSSR count). The van der Waals surface area contributed by atoms with Crippen LogP contribution in [-0.4, -0.2) is 29.7 Å². The number of rotatable bonds is 5. The normalized spacial score (nSPS) is 22.2. The van der Waals surface area contributed by atoms with E-state index in [0.717, 1.165) is 25.3 Å². The summed E-state index contributed by atoms with van der Waals surface area (Å²) in [5.74, 6) is 0.878. The summed E-state index contributed by atoms with van der Waals surface area (Å²) in [4.78, 5) is 8.56. The Morgan fingerprint density at radius 2 is 2.31 bits per heavy atom. The molecule has 2 atom stereocenters. The Morgan fingerprint density at radius 3 is 2.94 bits per heavy atom. The van der Waals surface area contributed by atoms with E-state index < -0.39 is 0 Å². The van der Waals surface area contributed by atoms with Crippen LogP contribution >= 0.6 is 0 Å². The Bertz CT molecular complexity index is 298. The summed E-state index contributed by atoms with van der Waals surface area (Å²) in [7, 11) is 1.95. The lowest BCUT2D eigenvalue weighted by molar-refractivity contribution is 0.0996. The summed E-state index contributed by atoms with van der Waals surface area (Å²) in [5.41, 5.74) is 0. The standard InChI is InChI=1S/C12H19N3O/c1-13-11(12-14-7-3-8-15-12)6-5-10-4-2-9-16-10/h3,7-8,10-11,13H,2,4-6,9H2,1H3. The molecule has 2 heterocycles. The molecule has 0 amide bonds. The maximum atomic E-state index is 5.62. The van der Waals surface area contributed by atoms with E-state index in [2.05, 4.69) is 15.3 Å². The van der Waals surface area contributed by atoms with E-state index in [0.29, 0.717) is 6.10 Å². The van der Waals surface area contributed by atoms with Crippen molar-refractivity contribution in [3.05, 3.63) is 24.3 Å². The lowest BCUT2D eigenvalue weighted by atomic mass is 10.1. The molecule has 1 fully saturated rings. The zero-order valence-electron chi connectivity index (χ0n) is 9.72. The van der Waals surface area contributed by atoms with Gasteiger partial charge >= 0.3 is 0 Å². The largest absolute Gasteiger partial charge is 0.378 e. The molecule has 0 aliphatic carbocycles. The zero-order chi connectivity index (χ0) is 11.2. The molecule has 0 spiro atoms. The van der Waals surface area contributed by atoms with Crippen LogP contribution in [0.15, 0.2) is 18.5 Å². The van der Waals surface area contributed by atoms with Crippen molar-refractivity contribution in [1.29, 1.82) is 0 Å². The van der Waals surface area contributed by atoms with Crippen LogP contribution in [0, 0.1) is 0 Å². The second kappa shape index (κ2) is 5.92. The van der Waals surface area contributed by atoms with Gasteiger partial charge in [0.25, 0.3) is 0 Å². The molecular weight excluding hydrogens is 202 g/mol. The highest BCUT2D eigenvalue weighted by atomic mass is 16.5. The van der Waals surface area contributed by atoms with Gasteiger partial charge in [0.05, 0.1) is 12.1 Å². The van der Waals surface area contributed by atoms with Gasteiger partial charge in [0.2, 0.25) is 0 Å². The third-order valence-electron chi connectivity index (χ3n) is 3.05. The lowest BCUT2D eigenvalue weighted by Gasteiger charge is -2.16. The first-order valence-electron chi connectivity index (χ1n) is 5.96.